The number of carbonyl (C=O) groups excluding carboxylic acids is 3. The number of ether oxygens (including phenoxy) is 1. The molecular weight excluding hydrogens is 460 g/mol. The van der Waals surface area contributed by atoms with E-state index in [2.05, 4.69) is 5.32 Å². The Bertz CT molecular complexity index is 1120. The first-order chi connectivity index (χ1) is 14.5. The van der Waals surface area contributed by atoms with E-state index in [1.54, 1.807) is 6.92 Å². The molecule has 31 heavy (non-hydrogen) atoms. The van der Waals surface area contributed by atoms with Crippen LogP contribution in [-0.4, -0.2) is 24.4 Å². The van der Waals surface area contributed by atoms with Gasteiger partial charge in [0.25, 0.3) is 11.8 Å². The zero-order valence-corrected chi connectivity index (χ0v) is 17.2. The van der Waals surface area contributed by atoms with E-state index in [9.17, 15) is 27.6 Å². The highest BCUT2D eigenvalue weighted by Gasteiger charge is 2.41. The molecule has 0 bridgehead atoms. The molecule has 1 N–H and O–H groups in total. The minimum absolute atomic E-state index is 0.160. The Morgan fingerprint density at radius 2 is 1.81 bits per heavy atom. The van der Waals surface area contributed by atoms with E-state index in [0.29, 0.717) is 11.0 Å². The number of anilines is 2. The Kier molecular flexibility index (Phi) is 6.28. The Morgan fingerprint density at radius 1 is 1.10 bits per heavy atom. The number of hydrogen-bond acceptors (Lipinski definition) is 5. The Hall–Kier alpha value is -3.04. The average molecular weight is 473 g/mol. The van der Waals surface area contributed by atoms with Gasteiger partial charge in [0.15, 0.2) is 0 Å². The standard InChI is InChI=1S/C20H13Cl2F3N2O4/c1-2-31-19(30)10-4-3-5-12(8-10)26-16-15(22)17(28)27(18(16)29)14-9-11(20(23,24)25)6-7-13(14)21/h3-9,26H,2H2,1H3. The molecular formula is C20H13Cl2F3N2O4. The number of rotatable bonds is 5. The van der Waals surface area contributed by atoms with Crippen molar-refractivity contribution in [2.45, 2.75) is 13.1 Å². The van der Waals surface area contributed by atoms with Crippen LogP contribution < -0.4 is 10.2 Å². The second kappa shape index (κ2) is 8.60. The molecule has 1 heterocycles. The predicted molar refractivity (Wildman–Crippen MR) is 108 cm³/mol. The summed E-state index contributed by atoms with van der Waals surface area (Å²) < 4.78 is 44.1. The van der Waals surface area contributed by atoms with Gasteiger partial charge in [0.2, 0.25) is 0 Å². The van der Waals surface area contributed by atoms with Crippen LogP contribution in [0, 0.1) is 0 Å². The minimum atomic E-state index is -4.71. The van der Waals surface area contributed by atoms with Gasteiger partial charge >= 0.3 is 12.1 Å². The fourth-order valence-corrected chi connectivity index (χ4v) is 3.19. The molecule has 0 fully saturated rings. The molecule has 3 rings (SSSR count). The lowest BCUT2D eigenvalue weighted by Crippen LogP contribution is -2.32. The van der Waals surface area contributed by atoms with Crippen molar-refractivity contribution >= 4 is 52.4 Å². The topological polar surface area (TPSA) is 75.7 Å². The van der Waals surface area contributed by atoms with E-state index in [1.165, 1.54) is 24.3 Å². The molecule has 0 aromatic heterocycles. The Balaban J connectivity index is 1.93. The van der Waals surface area contributed by atoms with Crippen LogP contribution in [0.2, 0.25) is 5.02 Å². The lowest BCUT2D eigenvalue weighted by atomic mass is 10.1. The molecule has 2 aromatic carbocycles. The van der Waals surface area contributed by atoms with Gasteiger partial charge in [-0.3, -0.25) is 9.59 Å². The predicted octanol–water partition coefficient (Wildman–Crippen LogP) is 4.97. The van der Waals surface area contributed by atoms with Crippen LogP contribution in [0.15, 0.2) is 53.2 Å². The molecule has 2 amide bonds. The second-order valence-electron chi connectivity index (χ2n) is 6.22. The van der Waals surface area contributed by atoms with Crippen molar-refractivity contribution in [1.29, 1.82) is 0 Å². The number of esters is 1. The van der Waals surface area contributed by atoms with Gasteiger partial charge in [0, 0.05) is 5.69 Å². The molecule has 0 atom stereocenters. The lowest BCUT2D eigenvalue weighted by Gasteiger charge is -2.18. The minimum Gasteiger partial charge on any atom is -0.462 e. The number of nitrogens with zero attached hydrogens (tertiary/aromatic N) is 1. The average Bonchev–Trinajstić information content (AvgIpc) is 2.91. The lowest BCUT2D eigenvalue weighted by molar-refractivity contribution is -0.137. The molecule has 1 aliphatic heterocycles. The summed E-state index contributed by atoms with van der Waals surface area (Å²) in [7, 11) is 0. The maximum absolute atomic E-state index is 13.1. The van der Waals surface area contributed by atoms with Crippen LogP contribution in [0.1, 0.15) is 22.8 Å². The van der Waals surface area contributed by atoms with Gasteiger partial charge in [-0.2, -0.15) is 13.2 Å². The normalized spacial score (nSPS) is 14.3. The van der Waals surface area contributed by atoms with E-state index in [-0.39, 0.29) is 28.6 Å². The number of benzene rings is 2. The number of hydrogen-bond donors (Lipinski definition) is 1. The van der Waals surface area contributed by atoms with Crippen LogP contribution in [0.25, 0.3) is 0 Å². The first kappa shape index (κ1) is 22.6. The molecule has 2 aromatic rings. The largest absolute Gasteiger partial charge is 0.462 e. The Labute approximate surface area is 184 Å². The van der Waals surface area contributed by atoms with Crippen molar-refractivity contribution in [1.82, 2.24) is 0 Å². The summed E-state index contributed by atoms with van der Waals surface area (Å²) in [4.78, 5) is 37.7. The smallest absolute Gasteiger partial charge is 0.416 e. The van der Waals surface area contributed by atoms with Gasteiger partial charge in [0.1, 0.15) is 10.7 Å². The third-order valence-electron chi connectivity index (χ3n) is 4.18. The third kappa shape index (κ3) is 4.52. The monoisotopic (exact) mass is 472 g/mol. The number of imide groups is 1. The van der Waals surface area contributed by atoms with Gasteiger partial charge in [-0.05, 0) is 43.3 Å². The van der Waals surface area contributed by atoms with Crippen molar-refractivity contribution in [3.63, 3.8) is 0 Å². The van der Waals surface area contributed by atoms with Crippen LogP contribution in [-0.2, 0) is 20.5 Å². The zero-order chi connectivity index (χ0) is 22.9. The highest BCUT2D eigenvalue weighted by molar-refractivity contribution is 6.53. The van der Waals surface area contributed by atoms with Crippen molar-refractivity contribution in [2.24, 2.45) is 0 Å². The molecule has 0 saturated heterocycles. The van der Waals surface area contributed by atoms with Crippen LogP contribution in [0.4, 0.5) is 24.5 Å². The summed E-state index contributed by atoms with van der Waals surface area (Å²) in [6.07, 6.45) is -4.71. The summed E-state index contributed by atoms with van der Waals surface area (Å²) in [6.45, 7) is 1.80. The van der Waals surface area contributed by atoms with E-state index in [1.807, 2.05) is 0 Å². The fraction of sp³-hybridized carbons (Fsp3) is 0.150. The van der Waals surface area contributed by atoms with Crippen molar-refractivity contribution in [3.8, 4) is 0 Å². The van der Waals surface area contributed by atoms with E-state index >= 15 is 0 Å². The summed E-state index contributed by atoms with van der Waals surface area (Å²) in [5, 5.41) is 1.85. The van der Waals surface area contributed by atoms with E-state index < -0.39 is 40.2 Å². The SMILES string of the molecule is CCOC(=O)c1cccc(NC2=C(Cl)C(=O)N(c3cc(C(F)(F)F)ccc3Cl)C2=O)c1. The molecule has 0 saturated carbocycles. The van der Waals surface area contributed by atoms with Crippen LogP contribution in [0.3, 0.4) is 0 Å². The van der Waals surface area contributed by atoms with Gasteiger partial charge in [0.05, 0.1) is 28.4 Å². The summed E-state index contributed by atoms with van der Waals surface area (Å²) >= 11 is 12.0. The number of amides is 2. The summed E-state index contributed by atoms with van der Waals surface area (Å²) in [5.74, 6) is -2.65. The highest BCUT2D eigenvalue weighted by atomic mass is 35.5. The Morgan fingerprint density at radius 3 is 2.45 bits per heavy atom. The molecule has 1 aliphatic rings. The van der Waals surface area contributed by atoms with Gasteiger partial charge in [-0.1, -0.05) is 29.3 Å². The highest BCUT2D eigenvalue weighted by Crippen LogP contribution is 2.38. The summed E-state index contributed by atoms with van der Waals surface area (Å²) in [5.41, 5.74) is -1.51. The molecule has 0 spiro atoms. The second-order valence-corrected chi connectivity index (χ2v) is 7.01. The zero-order valence-electron chi connectivity index (χ0n) is 15.7. The fourth-order valence-electron chi connectivity index (χ4n) is 2.77. The molecule has 0 unspecified atom stereocenters. The number of carbonyl (C=O) groups is 3. The van der Waals surface area contributed by atoms with Crippen molar-refractivity contribution < 1.29 is 32.3 Å². The van der Waals surface area contributed by atoms with Crippen molar-refractivity contribution in [3.05, 3.63) is 69.3 Å². The number of halogens is 5. The number of nitrogens with one attached hydrogen (secondary N) is 1. The van der Waals surface area contributed by atoms with Crippen LogP contribution >= 0.6 is 23.2 Å². The third-order valence-corrected chi connectivity index (χ3v) is 4.85. The quantitative estimate of drug-likeness (QED) is 0.490. The maximum Gasteiger partial charge on any atom is 0.416 e. The molecule has 0 aliphatic carbocycles. The first-order valence-electron chi connectivity index (χ1n) is 8.74. The van der Waals surface area contributed by atoms with E-state index in [0.717, 1.165) is 12.1 Å². The van der Waals surface area contributed by atoms with Crippen LogP contribution in [0.5, 0.6) is 0 Å². The van der Waals surface area contributed by atoms with Gasteiger partial charge in [-0.25, -0.2) is 9.69 Å². The van der Waals surface area contributed by atoms with Gasteiger partial charge < -0.3 is 10.1 Å². The molecule has 0 radical (unpaired) electrons. The molecule has 162 valence electrons. The van der Waals surface area contributed by atoms with E-state index in [4.69, 9.17) is 27.9 Å². The maximum atomic E-state index is 13.1. The molecule has 6 nitrogen and oxygen atoms in total. The number of alkyl halides is 3. The summed E-state index contributed by atoms with van der Waals surface area (Å²) in [6, 6.07) is 8.10. The molecule has 11 heteroatoms. The first-order valence-corrected chi connectivity index (χ1v) is 9.49. The van der Waals surface area contributed by atoms with Gasteiger partial charge in [-0.15, -0.1) is 0 Å². The van der Waals surface area contributed by atoms with Crippen molar-refractivity contribution in [2.75, 3.05) is 16.8 Å².